The second-order valence-corrected chi connectivity index (χ2v) is 15.1. The number of ether oxygens (including phenoxy) is 5. The van der Waals surface area contributed by atoms with Crippen molar-refractivity contribution in [1.29, 1.82) is 0 Å². The van der Waals surface area contributed by atoms with E-state index in [4.69, 9.17) is 33.6 Å². The zero-order valence-corrected chi connectivity index (χ0v) is 37.3. The molecule has 6 aromatic rings. The number of fused-ring (bicyclic) bond motifs is 2. The van der Waals surface area contributed by atoms with Gasteiger partial charge in [0.1, 0.15) is 29.3 Å². The molecular formula is C51H55N3O10S. The maximum absolute atomic E-state index is 12.9. The highest BCUT2D eigenvalue weighted by molar-refractivity contribution is 7.22. The Labute approximate surface area is 383 Å². The fourth-order valence-corrected chi connectivity index (χ4v) is 6.98. The summed E-state index contributed by atoms with van der Waals surface area (Å²) in [7, 11) is 1.61. The number of hydrazone groups is 1. The van der Waals surface area contributed by atoms with Crippen molar-refractivity contribution in [3.8, 4) is 23.0 Å². The van der Waals surface area contributed by atoms with Gasteiger partial charge in [0.25, 0.3) is 6.47 Å². The third-order valence-electron chi connectivity index (χ3n) is 9.47. The van der Waals surface area contributed by atoms with Crippen LogP contribution in [0.25, 0.3) is 21.0 Å². The average Bonchev–Trinajstić information content (AvgIpc) is 3.76. The molecule has 0 radical (unpaired) electrons. The first-order valence-electron chi connectivity index (χ1n) is 21.2. The van der Waals surface area contributed by atoms with E-state index in [2.05, 4.69) is 28.7 Å². The lowest BCUT2D eigenvalue weighted by Crippen LogP contribution is -2.08. The van der Waals surface area contributed by atoms with E-state index in [0.717, 1.165) is 89.8 Å². The van der Waals surface area contributed by atoms with Crippen LogP contribution < -0.4 is 24.4 Å². The molecule has 1 heterocycles. The summed E-state index contributed by atoms with van der Waals surface area (Å²) in [6.45, 7) is 8.52. The zero-order valence-electron chi connectivity index (χ0n) is 36.5. The van der Waals surface area contributed by atoms with Gasteiger partial charge < -0.3 is 28.8 Å². The number of unbranched alkanes of at least 4 members (excludes halogenated alkanes) is 7. The summed E-state index contributed by atoms with van der Waals surface area (Å²) in [4.78, 5) is 47.2. The van der Waals surface area contributed by atoms with E-state index < -0.39 is 11.9 Å². The molecule has 0 spiro atoms. The molecule has 0 saturated heterocycles. The van der Waals surface area contributed by atoms with Crippen molar-refractivity contribution in [2.75, 3.05) is 32.4 Å². The van der Waals surface area contributed by atoms with Crippen molar-refractivity contribution in [1.82, 2.24) is 4.98 Å². The molecule has 0 fully saturated rings. The summed E-state index contributed by atoms with van der Waals surface area (Å²) in [6, 6.07) is 31.2. The maximum Gasteiger partial charge on any atom is 0.343 e. The van der Waals surface area contributed by atoms with Gasteiger partial charge in [0.2, 0.25) is 5.13 Å². The normalized spacial score (nSPS) is 10.4. The molecule has 0 aliphatic carbocycles. The SMILES string of the molecule is C=CC(=O)OCCCCCCOc1ccc(C(=O)Oc2ccc3c(/C=N/Nc4nc5ccccc5s4)c(OC)ccc3c2)cc1.C=CCCCCCCOc1ccc(C=O)cc1.O=CO. The summed E-state index contributed by atoms with van der Waals surface area (Å²) < 4.78 is 28.7. The summed E-state index contributed by atoms with van der Waals surface area (Å²) in [5, 5.41) is 13.7. The monoisotopic (exact) mass is 901 g/mol. The Morgan fingerprint density at radius 1 is 0.769 bits per heavy atom. The van der Waals surface area contributed by atoms with Gasteiger partial charge in [-0.3, -0.25) is 15.0 Å². The number of nitrogens with zero attached hydrogens (tertiary/aromatic N) is 2. The number of esters is 2. The third-order valence-corrected chi connectivity index (χ3v) is 10.4. The summed E-state index contributed by atoms with van der Waals surface area (Å²) in [5.41, 5.74) is 5.81. The van der Waals surface area contributed by atoms with Gasteiger partial charge in [0, 0.05) is 17.2 Å². The number of hydrogen-bond acceptors (Lipinski definition) is 13. The predicted octanol–water partition coefficient (Wildman–Crippen LogP) is 11.5. The van der Waals surface area contributed by atoms with E-state index in [1.165, 1.54) is 30.6 Å². The second kappa shape index (κ2) is 29.1. The molecule has 0 saturated carbocycles. The Kier molecular flexibility index (Phi) is 22.5. The van der Waals surface area contributed by atoms with Gasteiger partial charge >= 0.3 is 11.9 Å². The Hall–Kier alpha value is -7.32. The van der Waals surface area contributed by atoms with Crippen LogP contribution >= 0.6 is 11.3 Å². The van der Waals surface area contributed by atoms with Gasteiger partial charge in [-0.05, 0) is 141 Å². The third kappa shape index (κ3) is 17.8. The van der Waals surface area contributed by atoms with Crippen LogP contribution in [0.3, 0.4) is 0 Å². The molecule has 0 aliphatic rings. The number of carbonyl (C=O) groups excluding carboxylic acids is 3. The fraction of sp³-hybridized carbons (Fsp3) is 0.255. The van der Waals surface area contributed by atoms with Gasteiger partial charge in [-0.2, -0.15) is 5.10 Å². The van der Waals surface area contributed by atoms with Crippen LogP contribution in [0.5, 0.6) is 23.0 Å². The molecule has 0 amide bonds. The minimum atomic E-state index is -0.464. The van der Waals surface area contributed by atoms with E-state index >= 15 is 0 Å². The van der Waals surface area contributed by atoms with Crippen molar-refractivity contribution >= 4 is 68.4 Å². The molecule has 0 unspecified atom stereocenters. The first-order valence-corrected chi connectivity index (χ1v) is 22.0. The van der Waals surface area contributed by atoms with Crippen LogP contribution in [0.4, 0.5) is 5.13 Å². The molecular weight excluding hydrogens is 847 g/mol. The van der Waals surface area contributed by atoms with Gasteiger partial charge in [0.15, 0.2) is 0 Å². The van der Waals surface area contributed by atoms with Crippen LogP contribution in [0, 0.1) is 0 Å². The number of rotatable bonds is 24. The van der Waals surface area contributed by atoms with Gasteiger partial charge in [0.05, 0.1) is 48.9 Å². The Bertz CT molecular complexity index is 2420. The highest BCUT2D eigenvalue weighted by Crippen LogP contribution is 2.31. The highest BCUT2D eigenvalue weighted by atomic mass is 32.1. The average molecular weight is 902 g/mol. The number of hydrogen-bond donors (Lipinski definition) is 2. The van der Waals surface area contributed by atoms with Gasteiger partial charge in [-0.25, -0.2) is 14.6 Å². The van der Waals surface area contributed by atoms with E-state index in [9.17, 15) is 14.4 Å². The standard InChI is InChI=1S/C35H33N3O6S.C15H20O2.CH2O2/c1-3-33(39)43-21-9-5-4-8-20-42-26-15-12-24(13-16-26)34(40)44-27-17-18-28-25(22-27)14-19-31(41-2)29(28)23-36-38-35-37-30-10-6-7-11-32(30)45-35;1-2-3-4-5-6-7-12-17-15-10-8-14(13-16)9-11-15;2-1-3/h3,6-7,10-19,22-23H,1,4-5,8-9,20-21H2,2H3,(H,37,38);2,8-11,13H,1,3-7,12H2;1H,(H,2,3)/b36-23+;;. The number of aldehydes is 1. The Morgan fingerprint density at radius 2 is 1.40 bits per heavy atom. The Balaban J connectivity index is 0.000000386. The molecule has 1 aromatic heterocycles. The van der Waals surface area contributed by atoms with Crippen molar-refractivity contribution in [2.45, 2.75) is 57.8 Å². The first-order chi connectivity index (χ1) is 31.8. The Morgan fingerprint density at radius 3 is 2.03 bits per heavy atom. The summed E-state index contributed by atoms with van der Waals surface area (Å²) in [6.07, 6.45) is 15.1. The van der Waals surface area contributed by atoms with Crippen LogP contribution in [-0.2, 0) is 14.3 Å². The molecule has 340 valence electrons. The molecule has 14 heteroatoms. The van der Waals surface area contributed by atoms with Crippen molar-refractivity contribution < 1.29 is 48.0 Å². The number of allylic oxidation sites excluding steroid dienone is 1. The van der Waals surface area contributed by atoms with E-state index in [1.54, 1.807) is 55.8 Å². The number of aromatic nitrogens is 1. The van der Waals surface area contributed by atoms with Crippen LogP contribution in [0.1, 0.15) is 84.1 Å². The number of methoxy groups -OCH3 is 1. The smallest absolute Gasteiger partial charge is 0.343 e. The zero-order chi connectivity index (χ0) is 46.5. The highest BCUT2D eigenvalue weighted by Gasteiger charge is 2.12. The number of thiazole rings is 1. The first kappa shape index (κ1) is 50.3. The number of carboxylic acid groups (broad SMARTS) is 1. The van der Waals surface area contributed by atoms with E-state index in [0.29, 0.717) is 46.7 Å². The molecule has 0 atom stereocenters. The maximum atomic E-state index is 12.9. The minimum Gasteiger partial charge on any atom is -0.496 e. The topological polar surface area (TPSA) is 172 Å². The quantitative estimate of drug-likeness (QED) is 0.00862. The molecule has 13 nitrogen and oxygen atoms in total. The second-order valence-electron chi connectivity index (χ2n) is 14.1. The minimum absolute atomic E-state index is 0.250. The number of nitrogens with one attached hydrogen (secondary N) is 1. The van der Waals surface area contributed by atoms with Gasteiger partial charge in [-0.1, -0.05) is 55.0 Å². The number of anilines is 1. The predicted molar refractivity (Wildman–Crippen MR) is 257 cm³/mol. The molecule has 0 bridgehead atoms. The lowest BCUT2D eigenvalue weighted by molar-refractivity contribution is -0.137. The summed E-state index contributed by atoms with van der Waals surface area (Å²) in [5.74, 6) is 1.74. The van der Waals surface area contributed by atoms with Crippen molar-refractivity contribution in [3.05, 3.63) is 145 Å². The molecule has 6 rings (SSSR count). The number of para-hydroxylation sites is 1. The van der Waals surface area contributed by atoms with E-state index in [-0.39, 0.29) is 6.47 Å². The number of benzene rings is 5. The van der Waals surface area contributed by atoms with Crippen molar-refractivity contribution in [2.24, 2.45) is 5.10 Å². The lowest BCUT2D eigenvalue weighted by Gasteiger charge is -2.11. The van der Waals surface area contributed by atoms with Crippen molar-refractivity contribution in [3.63, 3.8) is 0 Å². The van der Waals surface area contributed by atoms with Gasteiger partial charge in [-0.15, -0.1) is 6.58 Å². The largest absolute Gasteiger partial charge is 0.496 e. The molecule has 5 aromatic carbocycles. The van der Waals surface area contributed by atoms with Crippen LogP contribution in [0.2, 0.25) is 0 Å². The fourth-order valence-electron chi connectivity index (χ4n) is 6.17. The molecule has 0 aliphatic heterocycles. The molecule has 65 heavy (non-hydrogen) atoms. The van der Waals surface area contributed by atoms with Crippen LogP contribution in [-0.4, -0.2) is 67.9 Å². The van der Waals surface area contributed by atoms with E-state index in [1.807, 2.05) is 66.7 Å². The lowest BCUT2D eigenvalue weighted by atomic mass is 10.0. The summed E-state index contributed by atoms with van der Waals surface area (Å²) >= 11 is 1.52. The molecule has 2 N–H and O–H groups in total. The number of carbonyl (C=O) groups is 4. The van der Waals surface area contributed by atoms with Crippen LogP contribution in [0.15, 0.2) is 134 Å².